The van der Waals surface area contributed by atoms with Gasteiger partial charge in [-0.1, -0.05) is 6.07 Å². The van der Waals surface area contributed by atoms with Crippen LogP contribution in [-0.4, -0.2) is 25.6 Å². The van der Waals surface area contributed by atoms with Crippen LogP contribution in [0.5, 0.6) is 0 Å². The molecule has 3 nitrogen and oxygen atoms in total. The van der Waals surface area contributed by atoms with Crippen molar-refractivity contribution in [2.45, 2.75) is 6.42 Å². The number of H-pyrrole nitrogens is 1. The summed E-state index contributed by atoms with van der Waals surface area (Å²) in [6, 6.07) is 6.30. The van der Waals surface area contributed by atoms with Gasteiger partial charge >= 0.3 is 0 Å². The molecular weight excluding hydrogens is 186 g/mol. The molecule has 0 atom stereocenters. The largest absolute Gasteiger partial charge is 0.377 e. The maximum Gasteiger partial charge on any atom is 0.0477 e. The average Bonchev–Trinajstić information content (AvgIpc) is 2.62. The van der Waals surface area contributed by atoms with Crippen molar-refractivity contribution in [3.05, 3.63) is 30.0 Å². The summed E-state index contributed by atoms with van der Waals surface area (Å²) < 4.78 is 0. The van der Waals surface area contributed by atoms with Gasteiger partial charge in [-0.2, -0.15) is 0 Å². The highest BCUT2D eigenvalue weighted by Crippen LogP contribution is 2.28. The summed E-state index contributed by atoms with van der Waals surface area (Å²) in [5, 5.41) is 1.30. The zero-order valence-corrected chi connectivity index (χ0v) is 9.25. The van der Waals surface area contributed by atoms with E-state index in [0.717, 1.165) is 6.42 Å². The van der Waals surface area contributed by atoms with E-state index in [1.54, 1.807) is 0 Å². The van der Waals surface area contributed by atoms with Crippen LogP contribution in [0.3, 0.4) is 0 Å². The summed E-state index contributed by atoms with van der Waals surface area (Å²) in [5.41, 5.74) is 9.34. The Balaban J connectivity index is 2.63. The fraction of sp³-hybridized carbons (Fsp3) is 0.333. The second-order valence-electron chi connectivity index (χ2n) is 3.95. The minimum atomic E-state index is 0.689. The first-order chi connectivity index (χ1) is 7.24. The van der Waals surface area contributed by atoms with Gasteiger partial charge in [0.1, 0.15) is 0 Å². The van der Waals surface area contributed by atoms with E-state index in [4.69, 9.17) is 5.73 Å². The first-order valence-electron chi connectivity index (χ1n) is 5.20. The lowest BCUT2D eigenvalue weighted by atomic mass is 10.1. The Morgan fingerprint density at radius 1 is 1.33 bits per heavy atom. The number of fused-ring (bicyclic) bond motifs is 1. The normalized spacial score (nSPS) is 10.9. The third-order valence-electron chi connectivity index (χ3n) is 2.66. The van der Waals surface area contributed by atoms with Gasteiger partial charge in [0.15, 0.2) is 0 Å². The number of nitrogens with two attached hydrogens (primary N) is 1. The lowest BCUT2D eigenvalue weighted by Gasteiger charge is -2.14. The number of hydrogen-bond acceptors (Lipinski definition) is 2. The van der Waals surface area contributed by atoms with Crippen LogP contribution in [-0.2, 0) is 6.42 Å². The maximum atomic E-state index is 5.61. The van der Waals surface area contributed by atoms with Gasteiger partial charge in [0.25, 0.3) is 0 Å². The van der Waals surface area contributed by atoms with E-state index in [1.807, 2.05) is 0 Å². The molecule has 0 aliphatic heterocycles. The fourth-order valence-electron chi connectivity index (χ4n) is 1.96. The van der Waals surface area contributed by atoms with E-state index in [-0.39, 0.29) is 0 Å². The topological polar surface area (TPSA) is 45.0 Å². The van der Waals surface area contributed by atoms with Crippen molar-refractivity contribution in [1.29, 1.82) is 0 Å². The van der Waals surface area contributed by atoms with E-state index in [9.17, 15) is 0 Å². The van der Waals surface area contributed by atoms with Crippen LogP contribution in [0.15, 0.2) is 24.4 Å². The summed E-state index contributed by atoms with van der Waals surface area (Å²) >= 11 is 0. The van der Waals surface area contributed by atoms with E-state index >= 15 is 0 Å². The summed E-state index contributed by atoms with van der Waals surface area (Å²) in [6.07, 6.45) is 2.98. The Morgan fingerprint density at radius 3 is 2.80 bits per heavy atom. The zero-order valence-electron chi connectivity index (χ0n) is 9.25. The molecule has 0 unspecified atom stereocenters. The number of aromatic nitrogens is 1. The van der Waals surface area contributed by atoms with Crippen LogP contribution in [0.4, 0.5) is 5.69 Å². The van der Waals surface area contributed by atoms with E-state index < -0.39 is 0 Å². The monoisotopic (exact) mass is 203 g/mol. The molecule has 2 aromatic rings. The van der Waals surface area contributed by atoms with Crippen LogP contribution >= 0.6 is 0 Å². The molecule has 0 saturated heterocycles. The molecule has 80 valence electrons. The van der Waals surface area contributed by atoms with Crippen LogP contribution in [0.25, 0.3) is 10.9 Å². The molecule has 0 aliphatic rings. The van der Waals surface area contributed by atoms with E-state index in [2.05, 4.69) is 48.4 Å². The quantitative estimate of drug-likeness (QED) is 0.798. The molecule has 1 aromatic heterocycles. The number of hydrogen-bond donors (Lipinski definition) is 2. The highest BCUT2D eigenvalue weighted by Gasteiger charge is 2.08. The Labute approximate surface area is 89.9 Å². The van der Waals surface area contributed by atoms with Crippen molar-refractivity contribution in [2.75, 3.05) is 25.5 Å². The van der Waals surface area contributed by atoms with Crippen molar-refractivity contribution in [3.63, 3.8) is 0 Å². The molecule has 3 heteroatoms. The molecule has 0 aliphatic carbocycles. The van der Waals surface area contributed by atoms with Gasteiger partial charge < -0.3 is 15.6 Å². The summed E-state index contributed by atoms with van der Waals surface area (Å²) in [7, 11) is 4.13. The first kappa shape index (κ1) is 10.1. The van der Waals surface area contributed by atoms with Gasteiger partial charge in [-0.05, 0) is 30.7 Å². The van der Waals surface area contributed by atoms with Crippen molar-refractivity contribution < 1.29 is 0 Å². The molecule has 0 amide bonds. The van der Waals surface area contributed by atoms with Gasteiger partial charge in [-0.25, -0.2) is 0 Å². The lowest BCUT2D eigenvalue weighted by Crippen LogP contribution is -2.09. The van der Waals surface area contributed by atoms with Gasteiger partial charge in [0.05, 0.1) is 0 Å². The maximum absolute atomic E-state index is 5.61. The van der Waals surface area contributed by atoms with Gasteiger partial charge in [0, 0.05) is 36.9 Å². The minimum absolute atomic E-state index is 0.689. The number of rotatable bonds is 3. The highest BCUT2D eigenvalue weighted by molar-refractivity contribution is 5.95. The molecule has 0 spiro atoms. The Morgan fingerprint density at radius 2 is 2.13 bits per heavy atom. The highest BCUT2D eigenvalue weighted by atomic mass is 15.1. The molecule has 0 saturated carbocycles. The predicted molar refractivity (Wildman–Crippen MR) is 65.4 cm³/mol. The molecule has 0 bridgehead atoms. The van der Waals surface area contributed by atoms with Crippen LogP contribution in [0, 0.1) is 0 Å². The second kappa shape index (κ2) is 3.95. The smallest absolute Gasteiger partial charge is 0.0477 e. The molecule has 15 heavy (non-hydrogen) atoms. The standard InChI is InChI=1S/C12H17N3/c1-15(2)11-5-3-4-10-12(11)9(6-7-13)8-14-10/h3-5,8,14H,6-7,13H2,1-2H3. The van der Waals surface area contributed by atoms with Crippen molar-refractivity contribution >= 4 is 16.6 Å². The van der Waals surface area contributed by atoms with Crippen molar-refractivity contribution in [1.82, 2.24) is 4.98 Å². The number of nitrogens with one attached hydrogen (secondary N) is 1. The van der Waals surface area contributed by atoms with Gasteiger partial charge in [-0.15, -0.1) is 0 Å². The summed E-state index contributed by atoms with van der Waals surface area (Å²) in [5.74, 6) is 0. The summed E-state index contributed by atoms with van der Waals surface area (Å²) in [6.45, 7) is 0.689. The zero-order chi connectivity index (χ0) is 10.8. The Bertz CT molecular complexity index is 457. The molecular formula is C12H17N3. The number of aromatic amines is 1. The summed E-state index contributed by atoms with van der Waals surface area (Å²) in [4.78, 5) is 5.42. The Kier molecular flexibility index (Phi) is 2.64. The van der Waals surface area contributed by atoms with Crippen LogP contribution in [0.2, 0.25) is 0 Å². The van der Waals surface area contributed by atoms with Crippen LogP contribution in [0.1, 0.15) is 5.56 Å². The molecule has 0 radical (unpaired) electrons. The van der Waals surface area contributed by atoms with Crippen molar-refractivity contribution in [2.24, 2.45) is 5.73 Å². The lowest BCUT2D eigenvalue weighted by molar-refractivity contribution is 0.975. The molecule has 3 N–H and O–H groups in total. The average molecular weight is 203 g/mol. The third-order valence-corrected chi connectivity index (χ3v) is 2.66. The van der Waals surface area contributed by atoms with Crippen molar-refractivity contribution in [3.8, 4) is 0 Å². The molecule has 1 heterocycles. The molecule has 1 aromatic carbocycles. The number of nitrogens with zero attached hydrogens (tertiary/aromatic N) is 1. The Hall–Kier alpha value is -1.48. The van der Waals surface area contributed by atoms with E-state index in [0.29, 0.717) is 6.54 Å². The number of anilines is 1. The van der Waals surface area contributed by atoms with Crippen LogP contribution < -0.4 is 10.6 Å². The predicted octanol–water partition coefficient (Wildman–Crippen LogP) is 1.74. The molecule has 2 rings (SSSR count). The number of benzene rings is 1. The second-order valence-corrected chi connectivity index (χ2v) is 3.95. The fourth-order valence-corrected chi connectivity index (χ4v) is 1.96. The molecule has 0 fully saturated rings. The SMILES string of the molecule is CN(C)c1cccc2[nH]cc(CCN)c12. The van der Waals surface area contributed by atoms with E-state index in [1.165, 1.54) is 22.2 Å². The third kappa shape index (κ3) is 1.70. The minimum Gasteiger partial charge on any atom is -0.377 e. The van der Waals surface area contributed by atoms with Gasteiger partial charge in [-0.3, -0.25) is 0 Å². The first-order valence-corrected chi connectivity index (χ1v) is 5.20. The van der Waals surface area contributed by atoms with Gasteiger partial charge in [0.2, 0.25) is 0 Å².